The Bertz CT molecular complexity index is 2590. The lowest BCUT2D eigenvalue weighted by molar-refractivity contribution is 0.0923. The maximum atomic E-state index is 12.3. The first-order chi connectivity index (χ1) is 25.6. The highest BCUT2D eigenvalue weighted by Crippen LogP contribution is 2.61. The molecule has 1 aliphatic rings. The number of rotatable bonds is 2. The van der Waals surface area contributed by atoms with E-state index in [-0.39, 0.29) is 38.7 Å². The highest BCUT2D eigenvalue weighted by Gasteiger charge is 2.23. The molecule has 0 bridgehead atoms. The number of carbonyl (C=O) groups excluding carboxylic acids is 1. The van der Waals surface area contributed by atoms with E-state index in [0.717, 1.165) is 31.1 Å². The third-order valence-corrected chi connectivity index (χ3v) is 8.99. The quantitative estimate of drug-likeness (QED) is 0.0975. The number of nitriles is 2. The minimum absolute atomic E-state index is 0.0367. The van der Waals surface area contributed by atoms with Crippen LogP contribution in [0.25, 0.3) is 32.7 Å². The molecule has 0 atom stereocenters. The Balaban J connectivity index is 0.000000174. The molecule has 54 heavy (non-hydrogen) atoms. The van der Waals surface area contributed by atoms with E-state index < -0.39 is 22.2 Å². The predicted octanol–water partition coefficient (Wildman–Crippen LogP) is 10.6. The van der Waals surface area contributed by atoms with Gasteiger partial charge in [-0.05, 0) is 70.8 Å². The van der Waals surface area contributed by atoms with Crippen LogP contribution in [0.3, 0.4) is 0 Å². The van der Waals surface area contributed by atoms with E-state index in [4.69, 9.17) is 45.3 Å². The molecular weight excluding hydrogens is 840 g/mol. The maximum Gasteiger partial charge on any atom is 0.339 e. The molecule has 18 heteroatoms. The summed E-state index contributed by atoms with van der Waals surface area (Å²) in [7, 11) is 0. The Hall–Kier alpha value is -4.29. The lowest BCUT2D eigenvalue weighted by atomic mass is 9.95. The predicted molar refractivity (Wildman–Crippen MR) is 217 cm³/mol. The first kappa shape index (κ1) is 42.5. The number of nitrogens with one attached hydrogen (secondary N) is 3. The third kappa shape index (κ3) is 11.1. The van der Waals surface area contributed by atoms with Crippen LogP contribution in [0.1, 0.15) is 53.6 Å². The second-order valence-corrected chi connectivity index (χ2v) is 19.2. The molecule has 4 N–H and O–H groups in total. The standard InChI is InChI=1S/C16H18N2O3.C10H4Cl2N2.C10H5ClN2O.Cl3OP/c19-14-11-8-4-5-9-12(11)18-16(21)13(14)15(20)17-10-6-2-1-3-7-10;11-9-6-3-1-2-4-8(6)14-10(12)7(9)5-13;11-9-6-3-1-2-4-8(6)13-10(14)7(9)5-12;1-5(2,3)4/h4-5,8-10H,1-3,6-7H2,(H,17,20)(H2,18,19,21);1-4H;1-4H,(H,13,14);. The van der Waals surface area contributed by atoms with Crippen molar-refractivity contribution in [2.24, 2.45) is 0 Å². The molecule has 11 nitrogen and oxygen atoms in total. The molecule has 7 rings (SSSR count). The largest absolute Gasteiger partial charge is 0.506 e. The number of halogens is 6. The van der Waals surface area contributed by atoms with Crippen LogP contribution in [0.2, 0.25) is 15.2 Å². The number of para-hydroxylation sites is 3. The van der Waals surface area contributed by atoms with Crippen LogP contribution in [0.4, 0.5) is 0 Å². The van der Waals surface area contributed by atoms with E-state index in [9.17, 15) is 24.1 Å². The smallest absolute Gasteiger partial charge is 0.339 e. The summed E-state index contributed by atoms with van der Waals surface area (Å²) < 4.78 is 9.51. The van der Waals surface area contributed by atoms with E-state index in [1.165, 1.54) is 6.42 Å². The first-order valence-corrected chi connectivity index (χ1v) is 21.4. The number of pyridine rings is 3. The van der Waals surface area contributed by atoms with Gasteiger partial charge in [0.15, 0.2) is 0 Å². The summed E-state index contributed by atoms with van der Waals surface area (Å²) in [5.41, 5.74) is 0.851. The second-order valence-electron chi connectivity index (χ2n) is 11.5. The van der Waals surface area contributed by atoms with Gasteiger partial charge in [0.25, 0.3) is 17.0 Å². The Labute approximate surface area is 337 Å². The number of H-pyrrole nitrogens is 2. The first-order valence-electron chi connectivity index (χ1n) is 15.8. The molecule has 1 fully saturated rings. The van der Waals surface area contributed by atoms with Crippen molar-refractivity contribution in [3.63, 3.8) is 0 Å². The Morgan fingerprint density at radius 2 is 1.24 bits per heavy atom. The van der Waals surface area contributed by atoms with Gasteiger partial charge in [0, 0.05) is 27.7 Å². The summed E-state index contributed by atoms with van der Waals surface area (Å²) in [5.74, 6) is -0.742. The topological polar surface area (TPSA) is 193 Å². The molecule has 6 aromatic rings. The van der Waals surface area contributed by atoms with Gasteiger partial charge in [0.2, 0.25) is 0 Å². The zero-order valence-electron chi connectivity index (χ0n) is 27.7. The van der Waals surface area contributed by atoms with Crippen LogP contribution >= 0.6 is 73.7 Å². The Kier molecular flexibility index (Phi) is 15.2. The third-order valence-electron chi connectivity index (χ3n) is 7.93. The highest BCUT2D eigenvalue weighted by atomic mass is 36.0. The van der Waals surface area contributed by atoms with E-state index in [2.05, 4.69) is 54.0 Å². The van der Waals surface area contributed by atoms with Crippen LogP contribution in [0.15, 0.2) is 82.4 Å². The number of aromatic hydroxyl groups is 1. The van der Waals surface area contributed by atoms with E-state index in [1.54, 1.807) is 60.7 Å². The molecule has 0 saturated heterocycles. The van der Waals surface area contributed by atoms with Gasteiger partial charge in [-0.25, -0.2) is 4.98 Å². The minimum atomic E-state index is -3.22. The molecule has 278 valence electrons. The molecule has 3 heterocycles. The van der Waals surface area contributed by atoms with Crippen LogP contribution in [0.5, 0.6) is 5.75 Å². The number of carbonyl (C=O) groups is 1. The van der Waals surface area contributed by atoms with Crippen molar-refractivity contribution in [2.45, 2.75) is 38.1 Å². The Morgan fingerprint density at radius 3 is 1.83 bits per heavy atom. The summed E-state index contributed by atoms with van der Waals surface area (Å²) in [6, 6.07) is 25.1. The number of fused-ring (bicyclic) bond motifs is 3. The van der Waals surface area contributed by atoms with Gasteiger partial charge >= 0.3 is 5.20 Å². The average molecular weight is 867 g/mol. The summed E-state index contributed by atoms with van der Waals surface area (Å²) >= 11 is 31.5. The summed E-state index contributed by atoms with van der Waals surface area (Å²) in [6.45, 7) is 0. The number of aromatic amines is 2. The van der Waals surface area contributed by atoms with Gasteiger partial charge in [-0.15, -0.1) is 0 Å². The van der Waals surface area contributed by atoms with Gasteiger partial charge in [-0.2, -0.15) is 10.5 Å². The number of nitrogens with zero attached hydrogens (tertiary/aromatic N) is 3. The molecular formula is C36H27Cl6N6O5P. The molecule has 3 aromatic carbocycles. The van der Waals surface area contributed by atoms with Gasteiger partial charge in [0.1, 0.15) is 39.7 Å². The number of amides is 1. The van der Waals surface area contributed by atoms with Crippen molar-refractivity contribution in [1.82, 2.24) is 20.3 Å². The van der Waals surface area contributed by atoms with Crippen LogP contribution in [-0.4, -0.2) is 32.0 Å². The van der Waals surface area contributed by atoms with Crippen molar-refractivity contribution < 1.29 is 14.5 Å². The molecule has 0 spiro atoms. The van der Waals surface area contributed by atoms with Crippen molar-refractivity contribution in [1.29, 1.82) is 10.5 Å². The van der Waals surface area contributed by atoms with Crippen molar-refractivity contribution in [3.8, 4) is 17.9 Å². The van der Waals surface area contributed by atoms with Crippen molar-refractivity contribution in [2.75, 3.05) is 0 Å². The molecule has 0 unspecified atom stereocenters. The summed E-state index contributed by atoms with van der Waals surface area (Å²) in [4.78, 5) is 45.0. The fraction of sp³-hybridized carbons (Fsp3) is 0.167. The van der Waals surface area contributed by atoms with Gasteiger partial charge in [-0.3, -0.25) is 18.9 Å². The molecule has 3 aromatic heterocycles. The fourth-order valence-corrected chi connectivity index (χ4v) is 6.34. The van der Waals surface area contributed by atoms with Crippen LogP contribution < -0.4 is 16.4 Å². The van der Waals surface area contributed by atoms with Gasteiger partial charge in [-0.1, -0.05) is 103 Å². The summed E-state index contributed by atoms with van der Waals surface area (Å²) in [6.07, 6.45) is 5.22. The lowest BCUT2D eigenvalue weighted by Gasteiger charge is -2.22. The molecule has 0 radical (unpaired) electrons. The molecule has 1 amide bonds. The lowest BCUT2D eigenvalue weighted by Crippen LogP contribution is -2.38. The zero-order valence-corrected chi connectivity index (χ0v) is 33.1. The monoisotopic (exact) mass is 864 g/mol. The fourth-order valence-electron chi connectivity index (χ4n) is 5.48. The number of aromatic nitrogens is 3. The minimum Gasteiger partial charge on any atom is -0.506 e. The molecule has 0 aliphatic heterocycles. The highest BCUT2D eigenvalue weighted by molar-refractivity contribution is 8.24. The van der Waals surface area contributed by atoms with Crippen LogP contribution in [-0.2, 0) is 4.57 Å². The van der Waals surface area contributed by atoms with E-state index in [0.29, 0.717) is 32.3 Å². The van der Waals surface area contributed by atoms with E-state index in [1.807, 2.05) is 24.3 Å². The van der Waals surface area contributed by atoms with Crippen molar-refractivity contribution in [3.05, 3.63) is 125 Å². The normalized spacial score (nSPS) is 12.5. The zero-order chi connectivity index (χ0) is 39.6. The number of hydrogen-bond donors (Lipinski definition) is 4. The maximum absolute atomic E-state index is 12.3. The van der Waals surface area contributed by atoms with Crippen LogP contribution in [0, 0.1) is 22.7 Å². The van der Waals surface area contributed by atoms with Gasteiger partial charge < -0.3 is 20.4 Å². The van der Waals surface area contributed by atoms with Gasteiger partial charge in [0.05, 0.1) is 21.1 Å². The molecule has 1 aliphatic carbocycles. The summed E-state index contributed by atoms with van der Waals surface area (Å²) in [5, 5.41) is 30.0. The molecule has 1 saturated carbocycles. The number of hydrogen-bond acceptors (Lipinski definition) is 8. The SMILES string of the molecule is N#Cc1c(Cl)c2ccccc2[nH]c1=O.N#Cc1c(Cl)nc2ccccc2c1Cl.O=C(NC1CCCCC1)c1c(O)c2ccccc2[nH]c1=O.O=P(Cl)(Cl)Cl. The number of benzene rings is 3. The average Bonchev–Trinajstić information content (AvgIpc) is 3.12. The second kappa shape index (κ2) is 19.3. The Morgan fingerprint density at radius 1 is 0.759 bits per heavy atom. The van der Waals surface area contributed by atoms with Crippen molar-refractivity contribution >= 4 is 112 Å². The van der Waals surface area contributed by atoms with E-state index >= 15 is 0 Å².